The molecule has 0 aromatic carbocycles. The van der Waals surface area contributed by atoms with Gasteiger partial charge in [-0.15, -0.1) is 0 Å². The first kappa shape index (κ1) is 22.3. The van der Waals surface area contributed by atoms with Gasteiger partial charge in [-0.3, -0.25) is 9.59 Å². The number of hydrogen-bond donors (Lipinski definition) is 0. The first-order valence-corrected chi connectivity index (χ1v) is 8.35. The molecule has 0 radical (unpaired) electrons. The summed E-state index contributed by atoms with van der Waals surface area (Å²) in [4.78, 5) is 35.9. The smallest absolute Gasteiger partial charge is 0.456 e. The summed E-state index contributed by atoms with van der Waals surface area (Å²) in [5.41, 5.74) is -1.87. The summed E-state index contributed by atoms with van der Waals surface area (Å²) in [5.74, 6) is -14.6. The van der Waals surface area contributed by atoms with Crippen LogP contribution in [0.1, 0.15) is 6.42 Å². The van der Waals surface area contributed by atoms with Gasteiger partial charge in [0.1, 0.15) is 17.8 Å². The van der Waals surface area contributed by atoms with Gasteiger partial charge in [0.05, 0.1) is 11.8 Å². The number of esters is 3. The largest absolute Gasteiger partial charge is 0.459 e. The lowest BCUT2D eigenvalue weighted by Crippen LogP contribution is -2.46. The number of fused-ring (bicyclic) bond motifs is 1. The highest BCUT2D eigenvalue weighted by molar-refractivity contribution is 5.90. The lowest BCUT2D eigenvalue weighted by Gasteiger charge is -2.30. The van der Waals surface area contributed by atoms with Crippen molar-refractivity contribution in [3.8, 4) is 0 Å². The molecule has 2 aliphatic carbocycles. The minimum atomic E-state index is -5.99. The van der Waals surface area contributed by atoms with E-state index in [0.29, 0.717) is 0 Å². The molecule has 3 fully saturated rings. The van der Waals surface area contributed by atoms with E-state index in [1.807, 2.05) is 0 Å². The molecule has 14 heteroatoms. The topological polar surface area (TPSA) is 78.9 Å². The molecule has 6 unspecified atom stereocenters. The van der Waals surface area contributed by atoms with E-state index < -0.39 is 84.2 Å². The van der Waals surface area contributed by atoms with Crippen molar-refractivity contribution in [1.29, 1.82) is 0 Å². The number of alkyl halides is 8. The van der Waals surface area contributed by atoms with Gasteiger partial charge in [0.2, 0.25) is 0 Å². The van der Waals surface area contributed by atoms with E-state index in [9.17, 15) is 49.5 Å². The Morgan fingerprint density at radius 1 is 1.07 bits per heavy atom. The van der Waals surface area contributed by atoms with Gasteiger partial charge in [0, 0.05) is 11.8 Å². The van der Waals surface area contributed by atoms with Crippen LogP contribution in [-0.2, 0) is 28.6 Å². The quantitative estimate of drug-likeness (QED) is 0.276. The normalized spacial score (nSPS) is 32.7. The molecular formula is C16H12F8O6. The average Bonchev–Trinajstić information content (AvgIpc) is 3.20. The third kappa shape index (κ3) is 3.49. The monoisotopic (exact) mass is 452 g/mol. The highest BCUT2D eigenvalue weighted by Crippen LogP contribution is 2.59. The van der Waals surface area contributed by atoms with Crippen LogP contribution < -0.4 is 0 Å². The molecule has 1 heterocycles. The Morgan fingerprint density at radius 3 is 2.20 bits per heavy atom. The molecule has 0 aromatic heterocycles. The SMILES string of the molecule is C=C(C(=O)OC1C2CC3C1OC(=O)C3C2C(=O)OCC(F)(F)C(F)(F)F)C(F)(F)F. The van der Waals surface area contributed by atoms with E-state index in [4.69, 9.17) is 9.47 Å². The molecule has 0 spiro atoms. The van der Waals surface area contributed by atoms with Crippen LogP contribution in [0.3, 0.4) is 0 Å². The summed E-state index contributed by atoms with van der Waals surface area (Å²) in [6.45, 7) is 0.208. The van der Waals surface area contributed by atoms with Crippen molar-refractivity contribution in [3.63, 3.8) is 0 Å². The van der Waals surface area contributed by atoms with Crippen LogP contribution in [0, 0.1) is 23.7 Å². The van der Waals surface area contributed by atoms with Gasteiger partial charge < -0.3 is 14.2 Å². The van der Waals surface area contributed by atoms with Crippen LogP contribution in [-0.4, -0.2) is 55.0 Å². The zero-order valence-corrected chi connectivity index (χ0v) is 14.6. The first-order chi connectivity index (χ1) is 13.6. The van der Waals surface area contributed by atoms with Gasteiger partial charge >= 0.3 is 36.2 Å². The predicted molar refractivity (Wildman–Crippen MR) is 75.5 cm³/mol. The van der Waals surface area contributed by atoms with Crippen molar-refractivity contribution in [2.75, 3.05) is 6.61 Å². The average molecular weight is 452 g/mol. The van der Waals surface area contributed by atoms with Crippen LogP contribution in [0.4, 0.5) is 35.1 Å². The Hall–Kier alpha value is -2.41. The summed E-state index contributed by atoms with van der Waals surface area (Å²) >= 11 is 0. The van der Waals surface area contributed by atoms with Crippen molar-refractivity contribution in [2.24, 2.45) is 23.7 Å². The molecular weight excluding hydrogens is 440 g/mol. The highest BCUT2D eigenvalue weighted by Gasteiger charge is 2.70. The van der Waals surface area contributed by atoms with Crippen LogP contribution in [0.2, 0.25) is 0 Å². The van der Waals surface area contributed by atoms with E-state index >= 15 is 0 Å². The van der Waals surface area contributed by atoms with Crippen molar-refractivity contribution in [1.82, 2.24) is 0 Å². The van der Waals surface area contributed by atoms with Crippen molar-refractivity contribution >= 4 is 17.9 Å². The number of ether oxygens (including phenoxy) is 3. The maximum Gasteiger partial charge on any atom is 0.456 e. The van der Waals surface area contributed by atoms with Gasteiger partial charge in [0.15, 0.2) is 6.61 Å². The lowest BCUT2D eigenvalue weighted by molar-refractivity contribution is -0.294. The Bertz CT molecular complexity index is 788. The molecule has 6 atom stereocenters. The second kappa shape index (κ2) is 6.80. The number of hydrogen-bond acceptors (Lipinski definition) is 6. The molecule has 0 N–H and O–H groups in total. The molecule has 168 valence electrons. The summed E-state index contributed by atoms with van der Waals surface area (Å²) in [6, 6.07) is 0. The van der Waals surface area contributed by atoms with Gasteiger partial charge in [0.25, 0.3) is 0 Å². The maximum atomic E-state index is 13.0. The predicted octanol–water partition coefficient (Wildman–Crippen LogP) is 2.57. The molecule has 30 heavy (non-hydrogen) atoms. The van der Waals surface area contributed by atoms with Crippen molar-refractivity contribution in [2.45, 2.75) is 36.9 Å². The standard InChI is InChI=1S/C16H12F8O6/c1-4(15(19,20)21)11(25)29-9-5-2-6-8(13(27)30-10(6)9)7(5)12(26)28-3-14(17,18)16(22,23)24/h5-10H,1-3H2. The summed E-state index contributed by atoms with van der Waals surface area (Å²) in [6.07, 6.45) is -13.9. The number of carbonyl (C=O) groups is 3. The molecule has 3 rings (SSSR count). The van der Waals surface area contributed by atoms with E-state index in [1.165, 1.54) is 0 Å². The van der Waals surface area contributed by atoms with Crippen LogP contribution >= 0.6 is 0 Å². The van der Waals surface area contributed by atoms with Crippen LogP contribution in [0.5, 0.6) is 0 Å². The Labute approximate surface area is 162 Å². The molecule has 0 aromatic rings. The van der Waals surface area contributed by atoms with Crippen LogP contribution in [0.25, 0.3) is 0 Å². The van der Waals surface area contributed by atoms with Gasteiger partial charge in [-0.1, -0.05) is 6.58 Å². The zero-order chi connectivity index (χ0) is 22.8. The number of carbonyl (C=O) groups excluding carboxylic acids is 3. The van der Waals surface area contributed by atoms with E-state index in [1.54, 1.807) is 0 Å². The van der Waals surface area contributed by atoms with E-state index in [0.717, 1.165) is 0 Å². The Kier molecular flexibility index (Phi) is 5.05. The minimum Gasteiger partial charge on any atom is -0.459 e. The molecule has 2 bridgehead atoms. The van der Waals surface area contributed by atoms with Crippen LogP contribution in [0.15, 0.2) is 12.2 Å². The molecule has 1 saturated heterocycles. The number of rotatable bonds is 5. The van der Waals surface area contributed by atoms with Crippen molar-refractivity contribution < 1.29 is 63.7 Å². The molecule has 6 nitrogen and oxygen atoms in total. The number of halogens is 8. The second-order valence-corrected chi connectivity index (χ2v) is 7.17. The molecule has 0 amide bonds. The third-order valence-corrected chi connectivity index (χ3v) is 5.46. The van der Waals surface area contributed by atoms with E-state index in [-0.39, 0.29) is 6.42 Å². The van der Waals surface area contributed by atoms with Gasteiger partial charge in [-0.05, 0) is 6.42 Å². The second-order valence-electron chi connectivity index (χ2n) is 7.17. The fourth-order valence-electron chi connectivity index (χ4n) is 4.12. The lowest BCUT2D eigenvalue weighted by atomic mass is 9.78. The van der Waals surface area contributed by atoms with Gasteiger partial charge in [-0.2, -0.15) is 35.1 Å². The zero-order valence-electron chi connectivity index (χ0n) is 14.6. The summed E-state index contributed by atoms with van der Waals surface area (Å²) in [5, 5.41) is 0. The van der Waals surface area contributed by atoms with E-state index in [2.05, 4.69) is 11.3 Å². The fraction of sp³-hybridized carbons (Fsp3) is 0.688. The maximum absolute atomic E-state index is 13.0. The third-order valence-electron chi connectivity index (χ3n) is 5.46. The van der Waals surface area contributed by atoms with Crippen molar-refractivity contribution in [3.05, 3.63) is 12.2 Å². The Morgan fingerprint density at radius 2 is 1.67 bits per heavy atom. The Balaban J connectivity index is 1.75. The molecule has 2 saturated carbocycles. The highest BCUT2D eigenvalue weighted by atomic mass is 19.4. The summed E-state index contributed by atoms with van der Waals surface area (Å²) < 4.78 is 114. The molecule has 3 aliphatic rings. The minimum absolute atomic E-state index is 0.0626. The fourth-order valence-corrected chi connectivity index (χ4v) is 4.12. The summed E-state index contributed by atoms with van der Waals surface area (Å²) in [7, 11) is 0. The first-order valence-electron chi connectivity index (χ1n) is 8.35. The van der Waals surface area contributed by atoms with Gasteiger partial charge in [-0.25, -0.2) is 4.79 Å². The molecule has 1 aliphatic heterocycles.